The van der Waals surface area contributed by atoms with Gasteiger partial charge in [0.15, 0.2) is 6.61 Å². The van der Waals surface area contributed by atoms with E-state index in [9.17, 15) is 13.2 Å². The van der Waals surface area contributed by atoms with Crippen molar-refractivity contribution >= 4 is 15.9 Å². The summed E-state index contributed by atoms with van der Waals surface area (Å²) in [6, 6.07) is 7.54. The van der Waals surface area contributed by atoms with Gasteiger partial charge in [0.2, 0.25) is 10.0 Å². The Kier molecular flexibility index (Phi) is 6.23. The maximum atomic E-state index is 12.1. The molecule has 0 bridgehead atoms. The van der Waals surface area contributed by atoms with E-state index >= 15 is 0 Å². The van der Waals surface area contributed by atoms with Crippen LogP contribution in [0.5, 0.6) is 5.75 Å². The average molecular weight is 354 g/mol. The van der Waals surface area contributed by atoms with E-state index in [0.29, 0.717) is 24.8 Å². The standard InChI is InChI=1S/C17H26N2O4S/c1-13(2)14-6-4-8-16(10-14)23-12-17(20)18-15-7-5-9-19(11-15)24(3,21)22/h4,6,8,10,13,15H,5,7,9,11-12H2,1-3H3,(H,18,20). The first-order valence-corrected chi connectivity index (χ1v) is 10.1. The summed E-state index contributed by atoms with van der Waals surface area (Å²) in [6.07, 6.45) is 2.72. The highest BCUT2D eigenvalue weighted by atomic mass is 32.2. The number of benzene rings is 1. The SMILES string of the molecule is CC(C)c1cccc(OCC(=O)NC2CCCN(S(C)(=O)=O)C2)c1. The summed E-state index contributed by atoms with van der Waals surface area (Å²) in [7, 11) is -3.21. The number of ether oxygens (including phenoxy) is 1. The van der Waals surface area contributed by atoms with Crippen LogP contribution in [0.15, 0.2) is 24.3 Å². The molecule has 0 aliphatic carbocycles. The normalized spacial score (nSPS) is 19.2. The quantitative estimate of drug-likeness (QED) is 0.844. The van der Waals surface area contributed by atoms with E-state index in [1.165, 1.54) is 10.6 Å². The molecule has 1 heterocycles. The van der Waals surface area contributed by atoms with E-state index in [-0.39, 0.29) is 18.6 Å². The minimum absolute atomic E-state index is 0.0725. The molecule has 24 heavy (non-hydrogen) atoms. The van der Waals surface area contributed by atoms with Crippen molar-refractivity contribution in [3.63, 3.8) is 0 Å². The number of piperidine rings is 1. The number of hydrogen-bond donors (Lipinski definition) is 1. The first kappa shape index (κ1) is 18.7. The summed E-state index contributed by atoms with van der Waals surface area (Å²) >= 11 is 0. The Morgan fingerprint density at radius 3 is 2.83 bits per heavy atom. The largest absolute Gasteiger partial charge is 0.484 e. The average Bonchev–Trinajstić information content (AvgIpc) is 2.52. The third-order valence-corrected chi connectivity index (χ3v) is 5.38. The zero-order valence-corrected chi connectivity index (χ0v) is 15.3. The van der Waals surface area contributed by atoms with E-state index in [0.717, 1.165) is 18.4 Å². The fourth-order valence-corrected chi connectivity index (χ4v) is 3.65. The Morgan fingerprint density at radius 2 is 2.17 bits per heavy atom. The summed E-state index contributed by atoms with van der Waals surface area (Å²) in [5, 5.41) is 2.86. The van der Waals surface area contributed by atoms with Crippen LogP contribution in [0.3, 0.4) is 0 Å². The molecule has 1 fully saturated rings. The van der Waals surface area contributed by atoms with Crippen LogP contribution >= 0.6 is 0 Å². The second kappa shape index (κ2) is 7.98. The van der Waals surface area contributed by atoms with Gasteiger partial charge in [0, 0.05) is 19.1 Å². The second-order valence-electron chi connectivity index (χ2n) is 6.54. The molecule has 1 amide bonds. The number of hydrogen-bond acceptors (Lipinski definition) is 4. The molecule has 1 aliphatic heterocycles. The maximum Gasteiger partial charge on any atom is 0.258 e. The van der Waals surface area contributed by atoms with Crippen molar-refractivity contribution in [1.29, 1.82) is 0 Å². The number of rotatable bonds is 6. The lowest BCUT2D eigenvalue weighted by Crippen LogP contribution is -2.50. The molecule has 1 aromatic rings. The number of carbonyl (C=O) groups is 1. The van der Waals surface area contributed by atoms with E-state index < -0.39 is 10.0 Å². The molecule has 1 unspecified atom stereocenters. The van der Waals surface area contributed by atoms with Crippen LogP contribution < -0.4 is 10.1 Å². The number of nitrogens with one attached hydrogen (secondary N) is 1. The van der Waals surface area contributed by atoms with Crippen LogP contribution in [0.1, 0.15) is 38.2 Å². The highest BCUT2D eigenvalue weighted by Crippen LogP contribution is 2.20. The summed E-state index contributed by atoms with van der Waals surface area (Å²) < 4.78 is 30.2. The van der Waals surface area contributed by atoms with Gasteiger partial charge in [-0.2, -0.15) is 0 Å². The van der Waals surface area contributed by atoms with E-state index in [1.807, 2.05) is 24.3 Å². The van der Waals surface area contributed by atoms with Gasteiger partial charge in [0.05, 0.1) is 6.26 Å². The molecule has 6 nitrogen and oxygen atoms in total. The fraction of sp³-hybridized carbons (Fsp3) is 0.588. The van der Waals surface area contributed by atoms with Gasteiger partial charge in [0.1, 0.15) is 5.75 Å². The summed E-state index contributed by atoms with van der Waals surface area (Å²) in [5.74, 6) is 0.828. The van der Waals surface area contributed by atoms with E-state index in [4.69, 9.17) is 4.74 Å². The Hall–Kier alpha value is -1.60. The van der Waals surface area contributed by atoms with Crippen molar-refractivity contribution in [2.24, 2.45) is 0 Å². The molecule has 0 spiro atoms. The molecule has 1 atom stereocenters. The number of amides is 1. The van der Waals surface area contributed by atoms with Gasteiger partial charge in [-0.05, 0) is 36.5 Å². The van der Waals surface area contributed by atoms with Crippen molar-refractivity contribution in [2.45, 2.75) is 38.6 Å². The molecule has 7 heteroatoms. The van der Waals surface area contributed by atoms with Crippen molar-refractivity contribution in [3.05, 3.63) is 29.8 Å². The third-order valence-electron chi connectivity index (χ3n) is 4.11. The van der Waals surface area contributed by atoms with Crippen LogP contribution in [0.4, 0.5) is 0 Å². The smallest absolute Gasteiger partial charge is 0.258 e. The topological polar surface area (TPSA) is 75.7 Å². The molecule has 1 aliphatic rings. The van der Waals surface area contributed by atoms with Crippen molar-refractivity contribution in [3.8, 4) is 5.75 Å². The Morgan fingerprint density at radius 1 is 1.42 bits per heavy atom. The van der Waals surface area contributed by atoms with Gasteiger partial charge in [0.25, 0.3) is 5.91 Å². The molecule has 1 N–H and O–H groups in total. The summed E-state index contributed by atoms with van der Waals surface area (Å²) in [5.41, 5.74) is 1.16. The predicted octanol–water partition coefficient (Wildman–Crippen LogP) is 1.73. The highest BCUT2D eigenvalue weighted by molar-refractivity contribution is 7.88. The molecule has 0 radical (unpaired) electrons. The zero-order valence-electron chi connectivity index (χ0n) is 14.5. The van der Waals surface area contributed by atoms with E-state index in [2.05, 4.69) is 19.2 Å². The number of sulfonamides is 1. The lowest BCUT2D eigenvalue weighted by Gasteiger charge is -2.31. The fourth-order valence-electron chi connectivity index (χ4n) is 2.74. The number of nitrogens with zero attached hydrogens (tertiary/aromatic N) is 1. The van der Waals surface area contributed by atoms with Crippen molar-refractivity contribution < 1.29 is 17.9 Å². The lowest BCUT2D eigenvalue weighted by molar-refractivity contribution is -0.124. The predicted molar refractivity (Wildman–Crippen MR) is 93.6 cm³/mol. The minimum atomic E-state index is -3.21. The first-order valence-electron chi connectivity index (χ1n) is 8.23. The monoisotopic (exact) mass is 354 g/mol. The molecule has 134 valence electrons. The molecule has 0 aromatic heterocycles. The second-order valence-corrected chi connectivity index (χ2v) is 8.53. The van der Waals surface area contributed by atoms with Crippen LogP contribution in [-0.2, 0) is 14.8 Å². The molecule has 2 rings (SSSR count). The van der Waals surface area contributed by atoms with Crippen molar-refractivity contribution in [2.75, 3.05) is 26.0 Å². The van der Waals surface area contributed by atoms with Gasteiger partial charge in [-0.15, -0.1) is 0 Å². The highest BCUT2D eigenvalue weighted by Gasteiger charge is 2.26. The minimum Gasteiger partial charge on any atom is -0.484 e. The molecular formula is C17H26N2O4S. The van der Waals surface area contributed by atoms with Gasteiger partial charge in [-0.25, -0.2) is 12.7 Å². The van der Waals surface area contributed by atoms with Crippen LogP contribution in [-0.4, -0.2) is 50.6 Å². The Labute approximate surface area is 144 Å². The zero-order chi connectivity index (χ0) is 17.7. The molecular weight excluding hydrogens is 328 g/mol. The van der Waals surface area contributed by atoms with Crippen molar-refractivity contribution in [1.82, 2.24) is 9.62 Å². The summed E-state index contributed by atoms with van der Waals surface area (Å²) in [6.45, 7) is 4.97. The number of carbonyl (C=O) groups excluding carboxylic acids is 1. The molecule has 0 saturated carbocycles. The van der Waals surface area contributed by atoms with Crippen LogP contribution in [0.25, 0.3) is 0 Å². The Balaban J connectivity index is 1.84. The van der Waals surface area contributed by atoms with Crippen LogP contribution in [0.2, 0.25) is 0 Å². The van der Waals surface area contributed by atoms with Crippen LogP contribution in [0, 0.1) is 0 Å². The van der Waals surface area contributed by atoms with Gasteiger partial charge >= 0.3 is 0 Å². The molecule has 1 saturated heterocycles. The van der Waals surface area contributed by atoms with Gasteiger partial charge in [-0.1, -0.05) is 26.0 Å². The van der Waals surface area contributed by atoms with Gasteiger partial charge in [-0.3, -0.25) is 4.79 Å². The third kappa shape index (κ3) is 5.49. The summed E-state index contributed by atoms with van der Waals surface area (Å²) in [4.78, 5) is 12.1. The first-order chi connectivity index (χ1) is 11.3. The lowest BCUT2D eigenvalue weighted by atomic mass is 10.0. The van der Waals surface area contributed by atoms with E-state index in [1.54, 1.807) is 0 Å². The molecule has 1 aromatic carbocycles. The maximum absolute atomic E-state index is 12.1. The Bertz CT molecular complexity index is 673. The van der Waals surface area contributed by atoms with Gasteiger partial charge < -0.3 is 10.1 Å².